The molecule has 2 unspecified atom stereocenters. The summed E-state index contributed by atoms with van der Waals surface area (Å²) in [4.78, 5) is 13.2. The lowest BCUT2D eigenvalue weighted by Gasteiger charge is -2.73. The van der Waals surface area contributed by atoms with Gasteiger partial charge >= 0.3 is 5.97 Å². The number of carboxylic acid groups (broad SMARTS) is 1. The van der Waals surface area contributed by atoms with Crippen LogP contribution in [0.15, 0.2) is 11.6 Å². The van der Waals surface area contributed by atoms with Gasteiger partial charge in [-0.3, -0.25) is 0 Å². The van der Waals surface area contributed by atoms with E-state index < -0.39 is 225 Å². The lowest BCUT2D eigenvalue weighted by molar-refractivity contribution is -0.406. The molecule has 10 rings (SSSR count). The molecule has 0 radical (unpaired) electrons. The molecule has 10 aliphatic rings. The topological polar surface area (TPSA) is 474 Å². The smallest absolute Gasteiger partial charge is 0.335 e. The Hall–Kier alpha value is -1.87. The first-order valence-electron chi connectivity index (χ1n) is 31.4. The number of hydrogen-bond donors (Lipinski definition) is 18. The maximum atomic E-state index is 13.2. The van der Waals surface area contributed by atoms with Crippen LogP contribution >= 0.6 is 0 Å². The van der Waals surface area contributed by atoms with Gasteiger partial charge in [-0.1, -0.05) is 60.1 Å². The summed E-state index contributed by atoms with van der Waals surface area (Å²) in [5.74, 6) is -2.39. The van der Waals surface area contributed by atoms with Crippen molar-refractivity contribution in [2.75, 3.05) is 26.4 Å². The highest BCUT2D eigenvalue weighted by Crippen LogP contribution is 2.76. The summed E-state index contributed by atoms with van der Waals surface area (Å²) in [6.45, 7) is 13.4. The van der Waals surface area contributed by atoms with Crippen molar-refractivity contribution in [1.82, 2.24) is 0 Å². The lowest BCUT2D eigenvalue weighted by atomic mass is 9.32. The Morgan fingerprint density at radius 1 is 0.517 bits per heavy atom. The summed E-state index contributed by atoms with van der Waals surface area (Å²) in [5, 5.41) is 199. The fourth-order valence-electron chi connectivity index (χ4n) is 18.1. The number of aliphatic hydroxyl groups excluding tert-OH is 17. The van der Waals surface area contributed by atoms with Gasteiger partial charge in [-0.2, -0.15) is 0 Å². The first-order chi connectivity index (χ1) is 41.6. The van der Waals surface area contributed by atoms with Crippen LogP contribution in [0.1, 0.15) is 107 Å². The standard InChI is InChI=1S/C60H98O29/c1-22-31(64)35(68)40(73)51(81-22)88-45-38(71)34(67)27(20-63)84-53(45)86-43-42(75)44(49(78)79)87-54(46(43)89-52-41(74)37(70)33(66)26(19-62)83-52)85-30-12-13-57(6)28(56(30,4)5)11-14-58(7)29(57)10-9-23-24-17-55(2,3)15-16-60(24,48(77)47(76)59(23,58)8)21-80-50-39(72)36(69)32(65)25(18-61)82-50/h9,22,24-48,50-54,61-77H,10-21H2,1-8H3,(H,78,79)/t22-,24-,25+,26+,27+,28-,29+,30-,31-,32+,33+,34-,35+,36-,37-,38-,39+,40+,41+,42-,43-,44-,45+,46+,47-,48+,50+,51-,52-,53?,54?,57-,58+,59-,60+/m0/s1. The maximum absolute atomic E-state index is 13.2. The minimum atomic E-state index is -2.30. The van der Waals surface area contributed by atoms with Gasteiger partial charge in [0.15, 0.2) is 37.6 Å². The van der Waals surface area contributed by atoms with Gasteiger partial charge in [0.1, 0.15) is 110 Å². The van der Waals surface area contributed by atoms with E-state index in [0.717, 1.165) is 5.57 Å². The zero-order chi connectivity index (χ0) is 65.3. The summed E-state index contributed by atoms with van der Waals surface area (Å²) in [5.41, 5.74) is -3.35. The summed E-state index contributed by atoms with van der Waals surface area (Å²) >= 11 is 0. The Morgan fingerprint density at radius 2 is 1.03 bits per heavy atom. The van der Waals surface area contributed by atoms with Crippen molar-refractivity contribution in [3.63, 3.8) is 0 Å². The predicted molar refractivity (Wildman–Crippen MR) is 297 cm³/mol. The van der Waals surface area contributed by atoms with Crippen molar-refractivity contribution >= 4 is 5.97 Å². The molecule has 512 valence electrons. The number of carboxylic acids is 1. The molecule has 0 amide bonds. The van der Waals surface area contributed by atoms with Gasteiger partial charge in [-0.15, -0.1) is 0 Å². The molecule has 18 N–H and O–H groups in total. The third kappa shape index (κ3) is 11.5. The molecule has 0 aromatic rings. The second kappa shape index (κ2) is 25.6. The molecular formula is C60H98O29. The van der Waals surface area contributed by atoms with Crippen LogP contribution in [0.25, 0.3) is 0 Å². The Bertz CT molecular complexity index is 2490. The first kappa shape index (κ1) is 69.9. The molecule has 0 aromatic heterocycles. The van der Waals surface area contributed by atoms with Crippen LogP contribution in [0, 0.1) is 50.2 Å². The Balaban J connectivity index is 0.962. The highest BCUT2D eigenvalue weighted by molar-refractivity contribution is 5.73. The van der Waals surface area contributed by atoms with E-state index in [1.54, 1.807) is 0 Å². The minimum Gasteiger partial charge on any atom is -0.479 e. The fourth-order valence-corrected chi connectivity index (χ4v) is 18.1. The van der Waals surface area contributed by atoms with Gasteiger partial charge in [0.05, 0.1) is 50.8 Å². The van der Waals surface area contributed by atoms with E-state index in [1.807, 2.05) is 20.8 Å². The van der Waals surface area contributed by atoms with Gasteiger partial charge in [0.25, 0.3) is 0 Å². The fraction of sp³-hybridized carbons (Fsp3) is 0.950. The Morgan fingerprint density at radius 3 is 1.63 bits per heavy atom. The van der Waals surface area contributed by atoms with E-state index in [-0.39, 0.29) is 36.2 Å². The van der Waals surface area contributed by atoms with Crippen molar-refractivity contribution in [3.05, 3.63) is 11.6 Å². The van der Waals surface area contributed by atoms with Crippen molar-refractivity contribution in [2.24, 2.45) is 50.2 Å². The van der Waals surface area contributed by atoms with E-state index in [1.165, 1.54) is 6.92 Å². The second-order valence-electron chi connectivity index (χ2n) is 29.3. The van der Waals surface area contributed by atoms with Gasteiger partial charge in [0, 0.05) is 10.8 Å². The van der Waals surface area contributed by atoms with Crippen LogP contribution in [0.4, 0.5) is 0 Å². The number of fused-ring (bicyclic) bond motifs is 7. The van der Waals surface area contributed by atoms with E-state index in [4.69, 9.17) is 47.4 Å². The molecule has 5 aliphatic heterocycles. The van der Waals surface area contributed by atoms with Crippen LogP contribution in [0.3, 0.4) is 0 Å². The van der Waals surface area contributed by atoms with Gasteiger partial charge in [-0.25, -0.2) is 4.79 Å². The normalized spacial score (nSPS) is 54.8. The molecule has 89 heavy (non-hydrogen) atoms. The van der Waals surface area contributed by atoms with Gasteiger partial charge in [-0.05, 0) is 97.7 Å². The van der Waals surface area contributed by atoms with E-state index in [0.29, 0.717) is 44.9 Å². The summed E-state index contributed by atoms with van der Waals surface area (Å²) < 4.78 is 61.2. The van der Waals surface area contributed by atoms with E-state index in [2.05, 4.69) is 33.8 Å². The van der Waals surface area contributed by atoms with Crippen LogP contribution in [-0.2, 0) is 52.2 Å². The molecule has 29 heteroatoms. The van der Waals surface area contributed by atoms with E-state index >= 15 is 0 Å². The van der Waals surface area contributed by atoms with Gasteiger partial charge < -0.3 is 139 Å². The van der Waals surface area contributed by atoms with Crippen LogP contribution < -0.4 is 0 Å². The average molecular weight is 1280 g/mol. The SMILES string of the molecule is C[C@@H]1O[C@@H](O[C@H]2C(O[C@H]3[C@H](O)[C@@H](C(=O)O)OC(O[C@H]4CC[C@]5(C)[C@H]6CC=C7[C@@H]8CC(C)(C)CC[C@]8(CO[C@@H]8O[C@H](CO)[C@@H](O)[C@H](O)[C@H]8O)[C@H](O)[C@H](O)[C@@]7(C)[C@]6(C)CC[C@H]5C4(C)C)[C@@H]3O[C@@H]3O[C@H](CO)[C@@H](O)[C@H](O)[C@H]3O)O[C@H](CO)[C@H](O)[C@@H]2O)[C@H](O)[C@H](O)[C@H]1O. The Labute approximate surface area is 515 Å². The zero-order valence-corrected chi connectivity index (χ0v) is 51.5. The van der Waals surface area contributed by atoms with Crippen LogP contribution in [0.2, 0.25) is 0 Å². The summed E-state index contributed by atoms with van der Waals surface area (Å²) in [7, 11) is 0. The largest absolute Gasteiger partial charge is 0.479 e. The molecule has 5 aliphatic carbocycles. The third-order valence-electron chi connectivity index (χ3n) is 23.7. The molecule has 5 heterocycles. The van der Waals surface area contributed by atoms with Crippen LogP contribution in [0.5, 0.6) is 0 Å². The van der Waals surface area contributed by atoms with Crippen molar-refractivity contribution in [2.45, 2.75) is 279 Å². The number of carbonyl (C=O) groups is 1. The number of allylic oxidation sites excluding steroid dienone is 1. The monoisotopic (exact) mass is 1280 g/mol. The Kier molecular flexibility index (Phi) is 20.1. The molecule has 0 spiro atoms. The van der Waals surface area contributed by atoms with Crippen molar-refractivity contribution in [1.29, 1.82) is 0 Å². The highest BCUT2D eigenvalue weighted by Gasteiger charge is 2.73. The zero-order valence-electron chi connectivity index (χ0n) is 51.5. The molecule has 0 aromatic carbocycles. The lowest BCUT2D eigenvalue weighted by Crippen LogP contribution is -2.72. The molecule has 0 bridgehead atoms. The van der Waals surface area contributed by atoms with Crippen molar-refractivity contribution in [3.8, 4) is 0 Å². The summed E-state index contributed by atoms with van der Waals surface area (Å²) in [6, 6.07) is 0. The molecule has 5 saturated heterocycles. The number of aliphatic carboxylic acids is 1. The number of hydrogen-bond acceptors (Lipinski definition) is 28. The first-order valence-corrected chi connectivity index (χ1v) is 31.4. The highest BCUT2D eigenvalue weighted by atomic mass is 16.8. The average Bonchev–Trinajstić information content (AvgIpc) is 0.670. The molecule has 29 nitrogen and oxygen atoms in total. The molecule has 9 fully saturated rings. The second-order valence-corrected chi connectivity index (χ2v) is 29.3. The molecular weight excluding hydrogens is 1180 g/mol. The predicted octanol–water partition coefficient (Wildman–Crippen LogP) is -4.68. The third-order valence-corrected chi connectivity index (χ3v) is 23.7. The molecule has 35 atom stereocenters. The molecule has 4 saturated carbocycles. The minimum absolute atomic E-state index is 0.129. The van der Waals surface area contributed by atoms with Crippen LogP contribution in [-0.4, -0.2) is 296 Å². The number of aliphatic hydroxyl groups is 17. The summed E-state index contributed by atoms with van der Waals surface area (Å²) in [6.07, 6.45) is -43.1. The number of rotatable bonds is 15. The number of ether oxygens (including phenoxy) is 10. The maximum Gasteiger partial charge on any atom is 0.335 e. The van der Waals surface area contributed by atoms with E-state index in [9.17, 15) is 96.7 Å². The van der Waals surface area contributed by atoms with Gasteiger partial charge in [0.2, 0.25) is 0 Å². The quantitative estimate of drug-likeness (QED) is 0.0541. The van der Waals surface area contributed by atoms with Crippen molar-refractivity contribution < 1.29 is 144 Å².